The summed E-state index contributed by atoms with van der Waals surface area (Å²) in [5, 5.41) is 14.4. The lowest BCUT2D eigenvalue weighted by Gasteiger charge is -2.19. The largest absolute Gasteiger partial charge is 0.380 e. The summed E-state index contributed by atoms with van der Waals surface area (Å²) in [4.78, 5) is 4.68. The Morgan fingerprint density at radius 1 is 1.43 bits per heavy atom. The molecular formula is C16H27N3O2. The van der Waals surface area contributed by atoms with E-state index in [4.69, 9.17) is 4.74 Å². The molecule has 0 bridgehead atoms. The molecule has 0 unspecified atom stereocenters. The van der Waals surface area contributed by atoms with Crippen LogP contribution >= 0.6 is 0 Å². The fourth-order valence-electron chi connectivity index (χ4n) is 2.57. The van der Waals surface area contributed by atoms with Gasteiger partial charge in [0.1, 0.15) is 5.82 Å². The third-order valence-corrected chi connectivity index (χ3v) is 3.92. The monoisotopic (exact) mass is 293 g/mol. The van der Waals surface area contributed by atoms with Crippen LogP contribution in [0.2, 0.25) is 0 Å². The highest BCUT2D eigenvalue weighted by Crippen LogP contribution is 2.20. The van der Waals surface area contributed by atoms with Gasteiger partial charge in [0.25, 0.3) is 0 Å². The Morgan fingerprint density at radius 3 is 3.10 bits per heavy atom. The normalized spacial score (nSPS) is 15.6. The standard InChI is InChI=1S/C16H27N3O2/c1-13(21-2)12-19(20)11-4-3-7-15-9-8-14-6-5-10-17-16(14)18-15/h8-9,13,20H,3-7,10-12H2,1-2H3,(H,17,18)/t13-/m1/s1. The number of rotatable bonds is 8. The summed E-state index contributed by atoms with van der Waals surface area (Å²) in [6.45, 7) is 4.21. The molecule has 2 N–H and O–H groups in total. The van der Waals surface area contributed by atoms with E-state index >= 15 is 0 Å². The van der Waals surface area contributed by atoms with Gasteiger partial charge in [-0.1, -0.05) is 6.07 Å². The Bertz CT molecular complexity index is 440. The van der Waals surface area contributed by atoms with Gasteiger partial charge in [0.15, 0.2) is 0 Å². The lowest BCUT2D eigenvalue weighted by molar-refractivity contribution is -0.116. The van der Waals surface area contributed by atoms with Crippen LogP contribution < -0.4 is 5.32 Å². The van der Waals surface area contributed by atoms with Gasteiger partial charge in [0.2, 0.25) is 0 Å². The molecule has 5 heteroatoms. The number of anilines is 1. The van der Waals surface area contributed by atoms with E-state index in [0.717, 1.165) is 43.7 Å². The maximum Gasteiger partial charge on any atom is 0.129 e. The summed E-state index contributed by atoms with van der Waals surface area (Å²) in [6, 6.07) is 4.33. The van der Waals surface area contributed by atoms with E-state index < -0.39 is 0 Å². The fourth-order valence-corrected chi connectivity index (χ4v) is 2.57. The summed E-state index contributed by atoms with van der Waals surface area (Å²) < 4.78 is 5.13. The highest BCUT2D eigenvalue weighted by Gasteiger charge is 2.10. The Morgan fingerprint density at radius 2 is 2.29 bits per heavy atom. The zero-order chi connectivity index (χ0) is 15.1. The zero-order valence-corrected chi connectivity index (χ0v) is 13.1. The molecule has 118 valence electrons. The van der Waals surface area contributed by atoms with Crippen molar-refractivity contribution >= 4 is 5.82 Å². The summed E-state index contributed by atoms with van der Waals surface area (Å²) >= 11 is 0. The number of methoxy groups -OCH3 is 1. The minimum atomic E-state index is 0.0587. The first-order valence-corrected chi connectivity index (χ1v) is 7.88. The lowest BCUT2D eigenvalue weighted by Crippen LogP contribution is -2.29. The maximum atomic E-state index is 9.73. The zero-order valence-electron chi connectivity index (χ0n) is 13.1. The molecule has 2 heterocycles. The van der Waals surface area contributed by atoms with Crippen molar-refractivity contribution in [1.82, 2.24) is 10.0 Å². The van der Waals surface area contributed by atoms with Crippen molar-refractivity contribution in [3.8, 4) is 0 Å². The second-order valence-electron chi connectivity index (χ2n) is 5.76. The lowest BCUT2D eigenvalue weighted by atomic mass is 10.1. The van der Waals surface area contributed by atoms with Crippen LogP contribution in [0.5, 0.6) is 0 Å². The van der Waals surface area contributed by atoms with Crippen LogP contribution in [0.15, 0.2) is 12.1 Å². The van der Waals surface area contributed by atoms with Crippen molar-refractivity contribution in [3.63, 3.8) is 0 Å². The quantitative estimate of drug-likeness (QED) is 0.569. The van der Waals surface area contributed by atoms with E-state index in [1.54, 1.807) is 7.11 Å². The maximum absolute atomic E-state index is 9.73. The number of aryl methyl sites for hydroxylation is 2. The summed E-state index contributed by atoms with van der Waals surface area (Å²) in [6.07, 6.45) is 5.34. The Hall–Kier alpha value is -1.17. The fraction of sp³-hybridized carbons (Fsp3) is 0.688. The van der Waals surface area contributed by atoms with Crippen molar-refractivity contribution in [1.29, 1.82) is 0 Å². The molecule has 0 amide bonds. The van der Waals surface area contributed by atoms with Gasteiger partial charge in [-0.2, -0.15) is 5.06 Å². The molecule has 1 atom stereocenters. The second-order valence-corrected chi connectivity index (χ2v) is 5.76. The van der Waals surface area contributed by atoms with Crippen LogP contribution in [0, 0.1) is 0 Å². The van der Waals surface area contributed by atoms with Crippen LogP contribution in [0.4, 0.5) is 5.82 Å². The van der Waals surface area contributed by atoms with E-state index in [-0.39, 0.29) is 6.10 Å². The number of ether oxygens (including phenoxy) is 1. The van der Waals surface area contributed by atoms with Gasteiger partial charge in [0, 0.05) is 32.4 Å². The summed E-state index contributed by atoms with van der Waals surface area (Å²) in [5.41, 5.74) is 2.47. The van der Waals surface area contributed by atoms with E-state index in [0.29, 0.717) is 13.1 Å². The third-order valence-electron chi connectivity index (χ3n) is 3.92. The number of pyridine rings is 1. The highest BCUT2D eigenvalue weighted by atomic mass is 16.5. The van der Waals surface area contributed by atoms with Crippen LogP contribution in [-0.4, -0.2) is 48.1 Å². The van der Waals surface area contributed by atoms with Gasteiger partial charge in [-0.15, -0.1) is 0 Å². The SMILES string of the molecule is CO[C@H](C)CN(O)CCCCc1ccc2c(n1)NCCC2. The van der Waals surface area contributed by atoms with Crippen molar-refractivity contribution in [3.05, 3.63) is 23.4 Å². The van der Waals surface area contributed by atoms with Gasteiger partial charge in [-0.05, 0) is 50.7 Å². The van der Waals surface area contributed by atoms with Crippen molar-refractivity contribution in [2.24, 2.45) is 0 Å². The first-order chi connectivity index (χ1) is 10.2. The molecule has 2 rings (SSSR count). The van der Waals surface area contributed by atoms with Gasteiger partial charge >= 0.3 is 0 Å². The number of hydroxylamine groups is 2. The molecule has 1 aromatic rings. The predicted molar refractivity (Wildman–Crippen MR) is 83.8 cm³/mol. The number of unbranched alkanes of at least 4 members (excludes halogenated alkanes) is 1. The van der Waals surface area contributed by atoms with Gasteiger partial charge < -0.3 is 15.3 Å². The molecule has 0 fully saturated rings. The van der Waals surface area contributed by atoms with Crippen LogP contribution in [0.1, 0.15) is 37.4 Å². The molecule has 0 saturated heterocycles. The van der Waals surface area contributed by atoms with Gasteiger partial charge in [-0.3, -0.25) is 0 Å². The van der Waals surface area contributed by atoms with Crippen LogP contribution in [-0.2, 0) is 17.6 Å². The number of hydrogen-bond acceptors (Lipinski definition) is 5. The molecule has 0 aliphatic carbocycles. The number of nitrogens with zero attached hydrogens (tertiary/aromatic N) is 2. The first-order valence-electron chi connectivity index (χ1n) is 7.88. The molecule has 0 radical (unpaired) electrons. The number of aromatic nitrogens is 1. The average Bonchev–Trinajstić information content (AvgIpc) is 2.51. The number of hydrogen-bond donors (Lipinski definition) is 2. The Labute approximate surface area is 127 Å². The van der Waals surface area contributed by atoms with E-state index in [9.17, 15) is 5.21 Å². The average molecular weight is 293 g/mol. The molecule has 1 aliphatic rings. The first kappa shape index (κ1) is 16.2. The van der Waals surface area contributed by atoms with E-state index in [2.05, 4.69) is 22.4 Å². The molecule has 1 aromatic heterocycles. The third kappa shape index (κ3) is 5.26. The minimum absolute atomic E-state index is 0.0587. The van der Waals surface area contributed by atoms with E-state index in [1.807, 2.05) is 6.92 Å². The predicted octanol–water partition coefficient (Wildman–Crippen LogP) is 2.49. The number of nitrogens with one attached hydrogen (secondary N) is 1. The molecule has 0 aromatic carbocycles. The summed E-state index contributed by atoms with van der Waals surface area (Å²) in [7, 11) is 1.66. The van der Waals surface area contributed by atoms with Gasteiger partial charge in [-0.25, -0.2) is 4.98 Å². The minimum Gasteiger partial charge on any atom is -0.380 e. The van der Waals surface area contributed by atoms with Crippen molar-refractivity contribution < 1.29 is 9.94 Å². The topological polar surface area (TPSA) is 57.6 Å². The molecule has 0 spiro atoms. The smallest absolute Gasteiger partial charge is 0.129 e. The Balaban J connectivity index is 1.69. The van der Waals surface area contributed by atoms with Crippen LogP contribution in [0.3, 0.4) is 0 Å². The second kappa shape index (κ2) is 8.32. The number of fused-ring (bicyclic) bond motifs is 1. The van der Waals surface area contributed by atoms with Gasteiger partial charge in [0.05, 0.1) is 6.10 Å². The van der Waals surface area contributed by atoms with E-state index in [1.165, 1.54) is 17.0 Å². The molecular weight excluding hydrogens is 266 g/mol. The van der Waals surface area contributed by atoms with Crippen molar-refractivity contribution in [2.45, 2.75) is 45.1 Å². The summed E-state index contributed by atoms with van der Waals surface area (Å²) in [5.74, 6) is 1.07. The molecule has 0 saturated carbocycles. The molecule has 21 heavy (non-hydrogen) atoms. The highest BCUT2D eigenvalue weighted by molar-refractivity contribution is 5.46. The van der Waals surface area contributed by atoms with Crippen LogP contribution in [0.25, 0.3) is 0 Å². The van der Waals surface area contributed by atoms with Crippen molar-refractivity contribution in [2.75, 3.05) is 32.1 Å². The molecule has 5 nitrogen and oxygen atoms in total. The molecule has 1 aliphatic heterocycles. The Kier molecular flexibility index (Phi) is 6.42.